The zero-order chi connectivity index (χ0) is 25.4. The van der Waals surface area contributed by atoms with Gasteiger partial charge in [0.2, 0.25) is 0 Å². The van der Waals surface area contributed by atoms with E-state index in [2.05, 4.69) is 17.9 Å². The molecule has 3 aromatic carbocycles. The molecule has 0 bridgehead atoms. The lowest BCUT2D eigenvalue weighted by molar-refractivity contribution is -0.137. The van der Waals surface area contributed by atoms with Gasteiger partial charge in [0.05, 0.1) is 5.56 Å². The van der Waals surface area contributed by atoms with E-state index in [0.29, 0.717) is 22.4 Å². The number of hydrogen-bond donors (Lipinski definition) is 0. The summed E-state index contributed by atoms with van der Waals surface area (Å²) in [6, 6.07) is 16.1. The lowest BCUT2D eigenvalue weighted by Crippen LogP contribution is -2.07. The van der Waals surface area contributed by atoms with E-state index in [4.69, 9.17) is 9.47 Å². The lowest BCUT2D eigenvalue weighted by Gasteiger charge is -2.15. The van der Waals surface area contributed by atoms with Crippen LogP contribution >= 0.6 is 0 Å². The maximum atomic E-state index is 13.9. The van der Waals surface area contributed by atoms with Crippen molar-refractivity contribution in [3.8, 4) is 33.8 Å². The van der Waals surface area contributed by atoms with Gasteiger partial charge in [-0.2, -0.15) is 13.2 Å². The Hall–Kier alpha value is -4.59. The fourth-order valence-electron chi connectivity index (χ4n) is 3.05. The van der Waals surface area contributed by atoms with Crippen LogP contribution in [-0.4, -0.2) is 11.9 Å². The zero-order valence-electron chi connectivity index (χ0n) is 18.2. The van der Waals surface area contributed by atoms with Crippen molar-refractivity contribution in [2.75, 3.05) is 0 Å². The molecule has 0 unspecified atom stereocenters. The summed E-state index contributed by atoms with van der Waals surface area (Å²) in [5, 5.41) is 0. The highest BCUT2D eigenvalue weighted by molar-refractivity contribution is 5.83. The van der Waals surface area contributed by atoms with Crippen LogP contribution in [0.2, 0.25) is 0 Å². The second-order valence-corrected chi connectivity index (χ2v) is 6.96. The minimum atomic E-state index is -4.60. The van der Waals surface area contributed by atoms with Crippen LogP contribution in [0.25, 0.3) is 22.3 Å². The second kappa shape index (κ2) is 11.0. The maximum absolute atomic E-state index is 13.9. The van der Waals surface area contributed by atoms with Crippen molar-refractivity contribution in [2.24, 2.45) is 0 Å². The molecule has 0 aromatic heterocycles. The van der Waals surface area contributed by atoms with Gasteiger partial charge in [-0.1, -0.05) is 49.6 Å². The van der Waals surface area contributed by atoms with Crippen molar-refractivity contribution in [2.45, 2.75) is 6.18 Å². The van der Waals surface area contributed by atoms with Crippen LogP contribution in [-0.2, 0) is 20.5 Å². The molecule has 0 fully saturated rings. The number of hydrogen-bond acceptors (Lipinski definition) is 5. The molecule has 0 aliphatic rings. The number of carbonyl (C=O) groups excluding carboxylic acids is 2. The van der Waals surface area contributed by atoms with Gasteiger partial charge in [-0.15, -0.1) is 0 Å². The molecule has 0 N–H and O–H groups in total. The third kappa shape index (κ3) is 6.70. The van der Waals surface area contributed by atoms with Crippen LogP contribution in [0.3, 0.4) is 0 Å². The number of benzene rings is 3. The Labute approximate surface area is 199 Å². The SMILES string of the molecule is C=CC(=O)OC=COc1ccc(-c2ccc(-c3ccc(OC(=O)C=C)cc3)c(C(F)(F)F)c2)cc1. The molecule has 0 spiro atoms. The molecular formula is C27H19F3O5. The van der Waals surface area contributed by atoms with Crippen LogP contribution in [0.4, 0.5) is 13.2 Å². The molecule has 3 aromatic rings. The summed E-state index contributed by atoms with van der Waals surface area (Å²) in [4.78, 5) is 22.2. The Balaban J connectivity index is 1.84. The number of halogens is 3. The first-order valence-electron chi connectivity index (χ1n) is 10.1. The first-order valence-corrected chi connectivity index (χ1v) is 10.1. The van der Waals surface area contributed by atoms with Crippen LogP contribution in [0.15, 0.2) is 105 Å². The maximum Gasteiger partial charge on any atom is 0.417 e. The third-order valence-corrected chi connectivity index (χ3v) is 4.67. The Morgan fingerprint density at radius 2 is 1.29 bits per heavy atom. The van der Waals surface area contributed by atoms with Crippen molar-refractivity contribution < 1.29 is 37.0 Å². The smallest absolute Gasteiger partial charge is 0.417 e. The van der Waals surface area contributed by atoms with E-state index < -0.39 is 23.7 Å². The number of esters is 2. The van der Waals surface area contributed by atoms with Crippen molar-refractivity contribution in [3.05, 3.63) is 110 Å². The van der Waals surface area contributed by atoms with E-state index in [9.17, 15) is 22.8 Å². The van der Waals surface area contributed by atoms with Crippen LogP contribution in [0, 0.1) is 0 Å². The van der Waals surface area contributed by atoms with Crippen molar-refractivity contribution in [1.82, 2.24) is 0 Å². The normalized spacial score (nSPS) is 11.1. The highest BCUT2D eigenvalue weighted by atomic mass is 19.4. The summed E-state index contributed by atoms with van der Waals surface area (Å²) in [5.41, 5.74) is 0.401. The summed E-state index contributed by atoms with van der Waals surface area (Å²) in [6.45, 7) is 6.55. The van der Waals surface area contributed by atoms with Crippen LogP contribution < -0.4 is 9.47 Å². The molecule has 35 heavy (non-hydrogen) atoms. The molecule has 0 aliphatic heterocycles. The number of ether oxygens (including phenoxy) is 3. The van der Waals surface area contributed by atoms with Gasteiger partial charge >= 0.3 is 18.1 Å². The molecule has 0 amide bonds. The first kappa shape index (κ1) is 25.0. The average molecular weight is 480 g/mol. The predicted octanol–water partition coefficient (Wildman–Crippen LogP) is 6.71. The topological polar surface area (TPSA) is 61.8 Å². The molecule has 0 heterocycles. The van der Waals surface area contributed by atoms with E-state index in [1.54, 1.807) is 30.3 Å². The monoisotopic (exact) mass is 480 g/mol. The highest BCUT2D eigenvalue weighted by Gasteiger charge is 2.34. The molecule has 8 heteroatoms. The molecule has 0 radical (unpaired) electrons. The van der Waals surface area contributed by atoms with Crippen LogP contribution in [0.1, 0.15) is 5.56 Å². The second-order valence-electron chi connectivity index (χ2n) is 6.96. The summed E-state index contributed by atoms with van der Waals surface area (Å²) in [5.74, 6) is -0.720. The number of carbonyl (C=O) groups is 2. The van der Waals surface area contributed by atoms with E-state index in [1.807, 2.05) is 0 Å². The van der Waals surface area contributed by atoms with Crippen molar-refractivity contribution in [3.63, 3.8) is 0 Å². The zero-order valence-corrected chi connectivity index (χ0v) is 18.2. The van der Waals surface area contributed by atoms with Gasteiger partial charge in [0.25, 0.3) is 0 Å². The Morgan fingerprint density at radius 1 is 0.714 bits per heavy atom. The minimum absolute atomic E-state index is 0.0120. The van der Waals surface area contributed by atoms with Gasteiger partial charge in [0, 0.05) is 12.2 Å². The quantitative estimate of drug-likeness (QED) is 0.155. The molecular weight excluding hydrogens is 461 g/mol. The van der Waals surface area contributed by atoms with Gasteiger partial charge in [-0.25, -0.2) is 9.59 Å². The van der Waals surface area contributed by atoms with Gasteiger partial charge in [0.1, 0.15) is 24.0 Å². The Kier molecular flexibility index (Phi) is 7.88. The van der Waals surface area contributed by atoms with Gasteiger partial charge in [-0.05, 0) is 52.6 Å². The molecule has 0 aliphatic carbocycles. The predicted molar refractivity (Wildman–Crippen MR) is 124 cm³/mol. The summed E-state index contributed by atoms with van der Waals surface area (Å²) < 4.78 is 56.6. The van der Waals surface area contributed by atoms with E-state index in [-0.39, 0.29) is 11.3 Å². The lowest BCUT2D eigenvalue weighted by atomic mass is 9.94. The average Bonchev–Trinajstić information content (AvgIpc) is 2.86. The molecule has 178 valence electrons. The van der Waals surface area contributed by atoms with Gasteiger partial charge in [-0.3, -0.25) is 0 Å². The summed E-state index contributed by atoms with van der Waals surface area (Å²) >= 11 is 0. The molecule has 5 nitrogen and oxygen atoms in total. The highest BCUT2D eigenvalue weighted by Crippen LogP contribution is 2.40. The molecule has 0 atom stereocenters. The third-order valence-electron chi connectivity index (χ3n) is 4.67. The fraction of sp³-hybridized carbons (Fsp3) is 0.0370. The number of alkyl halides is 3. The van der Waals surface area contributed by atoms with Gasteiger partial charge < -0.3 is 14.2 Å². The van der Waals surface area contributed by atoms with Crippen molar-refractivity contribution in [1.29, 1.82) is 0 Å². The molecule has 0 saturated carbocycles. The number of rotatable bonds is 8. The summed E-state index contributed by atoms with van der Waals surface area (Å²) in [6.07, 6.45) is -0.421. The van der Waals surface area contributed by atoms with Gasteiger partial charge in [0.15, 0.2) is 0 Å². The van der Waals surface area contributed by atoms with Crippen LogP contribution in [0.5, 0.6) is 11.5 Å². The Bertz CT molecular complexity index is 1260. The minimum Gasteiger partial charge on any atom is -0.462 e. The molecule has 0 saturated heterocycles. The standard InChI is InChI=1S/C27H19F3O5/c1-3-25(31)34-16-15-33-21-10-5-18(6-11-21)20-9-14-23(24(17-20)27(28,29)30)19-7-12-22(13-8-19)35-26(32)4-2/h3-17H,1-2H2. The van der Waals surface area contributed by atoms with Crippen molar-refractivity contribution >= 4 is 11.9 Å². The van der Waals surface area contributed by atoms with E-state index in [1.165, 1.54) is 30.3 Å². The summed E-state index contributed by atoms with van der Waals surface area (Å²) in [7, 11) is 0. The van der Waals surface area contributed by atoms with E-state index >= 15 is 0 Å². The first-order chi connectivity index (χ1) is 16.7. The molecule has 3 rings (SSSR count). The Morgan fingerprint density at radius 3 is 1.89 bits per heavy atom. The fourth-order valence-corrected chi connectivity index (χ4v) is 3.05. The largest absolute Gasteiger partial charge is 0.462 e. The van der Waals surface area contributed by atoms with E-state index in [0.717, 1.165) is 30.7 Å².